The van der Waals surface area contributed by atoms with E-state index in [0.29, 0.717) is 17.0 Å². The Bertz CT molecular complexity index is 381. The number of nitrogens with zero attached hydrogens (tertiary/aromatic N) is 1. The molecule has 1 aromatic carbocycles. The SMILES string of the molecule is CCC(=O)[C@H](C#N)c1cccc(Cl)c1. The lowest BCUT2D eigenvalue weighted by Crippen LogP contribution is -2.08. The summed E-state index contributed by atoms with van der Waals surface area (Å²) in [7, 11) is 0. The summed E-state index contributed by atoms with van der Waals surface area (Å²) in [6, 6.07) is 8.85. The first-order chi connectivity index (χ1) is 6.69. The van der Waals surface area contributed by atoms with Crippen molar-refractivity contribution in [2.45, 2.75) is 19.3 Å². The number of carbonyl (C=O) groups excluding carboxylic acids is 1. The van der Waals surface area contributed by atoms with Crippen molar-refractivity contribution in [2.24, 2.45) is 0 Å². The van der Waals surface area contributed by atoms with E-state index >= 15 is 0 Å². The quantitative estimate of drug-likeness (QED) is 0.765. The van der Waals surface area contributed by atoms with Gasteiger partial charge >= 0.3 is 0 Å². The van der Waals surface area contributed by atoms with Crippen LogP contribution in [-0.2, 0) is 4.79 Å². The number of rotatable bonds is 3. The summed E-state index contributed by atoms with van der Waals surface area (Å²) in [5, 5.41) is 9.41. The summed E-state index contributed by atoms with van der Waals surface area (Å²) in [5.74, 6) is -0.756. The van der Waals surface area contributed by atoms with E-state index in [1.165, 1.54) is 0 Å². The Morgan fingerprint density at radius 3 is 2.86 bits per heavy atom. The molecule has 0 saturated carbocycles. The molecule has 14 heavy (non-hydrogen) atoms. The molecule has 1 atom stereocenters. The first-order valence-corrected chi connectivity index (χ1v) is 4.74. The lowest BCUT2D eigenvalue weighted by Gasteiger charge is -2.06. The lowest BCUT2D eigenvalue weighted by atomic mass is 9.95. The summed E-state index contributed by atoms with van der Waals surface area (Å²) >= 11 is 5.77. The van der Waals surface area contributed by atoms with Crippen LogP contribution in [0.25, 0.3) is 0 Å². The van der Waals surface area contributed by atoms with E-state index in [4.69, 9.17) is 16.9 Å². The fourth-order valence-corrected chi connectivity index (χ4v) is 1.42. The molecule has 0 unspecified atom stereocenters. The summed E-state index contributed by atoms with van der Waals surface area (Å²) in [5.41, 5.74) is 0.673. The van der Waals surface area contributed by atoms with Crippen LogP contribution in [0.1, 0.15) is 24.8 Å². The molecule has 0 aliphatic carbocycles. The number of hydrogen-bond acceptors (Lipinski definition) is 2. The summed E-state index contributed by atoms with van der Waals surface area (Å²) in [4.78, 5) is 11.4. The third-order valence-electron chi connectivity index (χ3n) is 1.98. The number of Topliss-reactive ketones (excluding diaryl/α,β-unsaturated/α-hetero) is 1. The van der Waals surface area contributed by atoms with Gasteiger partial charge < -0.3 is 0 Å². The zero-order chi connectivity index (χ0) is 10.6. The number of halogens is 1. The fraction of sp³-hybridized carbons (Fsp3) is 0.273. The number of nitriles is 1. The Hall–Kier alpha value is -1.33. The van der Waals surface area contributed by atoms with Crippen LogP contribution in [0, 0.1) is 11.3 Å². The number of hydrogen-bond donors (Lipinski definition) is 0. The van der Waals surface area contributed by atoms with Crippen molar-refractivity contribution in [2.75, 3.05) is 0 Å². The highest BCUT2D eigenvalue weighted by Crippen LogP contribution is 2.20. The van der Waals surface area contributed by atoms with Crippen LogP contribution < -0.4 is 0 Å². The second-order valence-electron chi connectivity index (χ2n) is 2.94. The van der Waals surface area contributed by atoms with E-state index < -0.39 is 5.92 Å². The molecule has 0 radical (unpaired) electrons. The van der Waals surface area contributed by atoms with Gasteiger partial charge in [0.15, 0.2) is 5.78 Å². The lowest BCUT2D eigenvalue weighted by molar-refractivity contribution is -0.119. The highest BCUT2D eigenvalue weighted by molar-refractivity contribution is 6.30. The highest BCUT2D eigenvalue weighted by Gasteiger charge is 2.17. The van der Waals surface area contributed by atoms with Crippen molar-refractivity contribution >= 4 is 17.4 Å². The number of ketones is 1. The second-order valence-corrected chi connectivity index (χ2v) is 3.37. The Morgan fingerprint density at radius 1 is 1.64 bits per heavy atom. The zero-order valence-electron chi connectivity index (χ0n) is 7.83. The predicted octanol–water partition coefficient (Wildman–Crippen LogP) is 2.93. The molecule has 1 aromatic rings. The molecule has 3 heteroatoms. The Labute approximate surface area is 88.1 Å². The smallest absolute Gasteiger partial charge is 0.154 e. The van der Waals surface area contributed by atoms with Crippen molar-refractivity contribution in [3.63, 3.8) is 0 Å². The second kappa shape index (κ2) is 4.78. The highest BCUT2D eigenvalue weighted by atomic mass is 35.5. The topological polar surface area (TPSA) is 40.9 Å². The molecular formula is C11H10ClNO. The van der Waals surface area contributed by atoms with Crippen molar-refractivity contribution in [1.82, 2.24) is 0 Å². The van der Waals surface area contributed by atoms with Gasteiger partial charge in [0.2, 0.25) is 0 Å². The van der Waals surface area contributed by atoms with Crippen LogP contribution in [-0.4, -0.2) is 5.78 Å². The van der Waals surface area contributed by atoms with E-state index in [0.717, 1.165) is 0 Å². The molecule has 0 bridgehead atoms. The summed E-state index contributed by atoms with van der Waals surface area (Å²) < 4.78 is 0. The van der Waals surface area contributed by atoms with Crippen LogP contribution >= 0.6 is 11.6 Å². The van der Waals surface area contributed by atoms with E-state index in [1.54, 1.807) is 31.2 Å². The van der Waals surface area contributed by atoms with Crippen molar-refractivity contribution in [1.29, 1.82) is 5.26 Å². The number of carbonyl (C=O) groups is 1. The van der Waals surface area contributed by atoms with Gasteiger partial charge in [0.25, 0.3) is 0 Å². The molecule has 2 nitrogen and oxygen atoms in total. The maximum atomic E-state index is 11.4. The molecule has 0 aliphatic rings. The van der Waals surface area contributed by atoms with Gasteiger partial charge in [-0.3, -0.25) is 4.79 Å². The van der Waals surface area contributed by atoms with Crippen molar-refractivity contribution < 1.29 is 4.79 Å². The van der Waals surface area contributed by atoms with Gasteiger partial charge in [0.1, 0.15) is 5.92 Å². The molecule has 0 aliphatic heterocycles. The minimum atomic E-state index is -0.682. The van der Waals surface area contributed by atoms with E-state index in [2.05, 4.69) is 0 Å². The maximum Gasteiger partial charge on any atom is 0.154 e. The third kappa shape index (κ3) is 2.34. The molecular weight excluding hydrogens is 198 g/mol. The van der Waals surface area contributed by atoms with E-state index in [9.17, 15) is 4.79 Å². The summed E-state index contributed by atoms with van der Waals surface area (Å²) in [6.07, 6.45) is 0.366. The largest absolute Gasteiger partial charge is 0.298 e. The van der Waals surface area contributed by atoms with Crippen LogP contribution in [0.5, 0.6) is 0 Å². The summed E-state index contributed by atoms with van der Waals surface area (Å²) in [6.45, 7) is 1.75. The molecule has 0 fully saturated rings. The van der Waals surface area contributed by atoms with Crippen molar-refractivity contribution in [3.05, 3.63) is 34.9 Å². The first-order valence-electron chi connectivity index (χ1n) is 4.36. The van der Waals surface area contributed by atoms with Gasteiger partial charge in [-0.1, -0.05) is 30.7 Å². The maximum absolute atomic E-state index is 11.4. The molecule has 0 heterocycles. The van der Waals surface area contributed by atoms with Crippen LogP contribution in [0.2, 0.25) is 5.02 Å². The average molecular weight is 208 g/mol. The number of benzene rings is 1. The van der Waals surface area contributed by atoms with Crippen LogP contribution in [0.3, 0.4) is 0 Å². The third-order valence-corrected chi connectivity index (χ3v) is 2.22. The van der Waals surface area contributed by atoms with Crippen LogP contribution in [0.4, 0.5) is 0 Å². The molecule has 0 N–H and O–H groups in total. The van der Waals surface area contributed by atoms with E-state index in [1.807, 2.05) is 6.07 Å². The Kier molecular flexibility index (Phi) is 3.67. The van der Waals surface area contributed by atoms with Gasteiger partial charge in [-0.2, -0.15) is 5.26 Å². The first kappa shape index (κ1) is 10.7. The minimum absolute atomic E-state index is 0.0743. The predicted molar refractivity (Wildman–Crippen MR) is 55.1 cm³/mol. The average Bonchev–Trinajstić information content (AvgIpc) is 2.19. The van der Waals surface area contributed by atoms with Gasteiger partial charge in [-0.15, -0.1) is 0 Å². The monoisotopic (exact) mass is 207 g/mol. The molecule has 72 valence electrons. The minimum Gasteiger partial charge on any atom is -0.298 e. The van der Waals surface area contributed by atoms with Gasteiger partial charge in [-0.05, 0) is 17.7 Å². The normalized spacial score (nSPS) is 11.8. The molecule has 1 rings (SSSR count). The molecule has 0 spiro atoms. The molecule has 0 aromatic heterocycles. The standard InChI is InChI=1S/C11H10ClNO/c1-2-11(14)10(7-13)8-4-3-5-9(12)6-8/h3-6,10H,2H2,1H3/t10-/m1/s1. The van der Waals surface area contributed by atoms with Gasteiger partial charge in [-0.25, -0.2) is 0 Å². The fourth-order valence-electron chi connectivity index (χ4n) is 1.22. The van der Waals surface area contributed by atoms with Gasteiger partial charge in [0, 0.05) is 11.4 Å². The molecule has 0 saturated heterocycles. The Balaban J connectivity index is 3.02. The zero-order valence-corrected chi connectivity index (χ0v) is 8.58. The van der Waals surface area contributed by atoms with Crippen molar-refractivity contribution in [3.8, 4) is 6.07 Å². The molecule has 0 amide bonds. The Morgan fingerprint density at radius 2 is 2.36 bits per heavy atom. The van der Waals surface area contributed by atoms with Gasteiger partial charge in [0.05, 0.1) is 6.07 Å². The van der Waals surface area contributed by atoms with Crippen LogP contribution in [0.15, 0.2) is 24.3 Å². The van der Waals surface area contributed by atoms with E-state index in [-0.39, 0.29) is 5.78 Å².